The molecule has 168 valence electrons. The minimum absolute atomic E-state index is 0.203. The van der Waals surface area contributed by atoms with Gasteiger partial charge >= 0.3 is 5.97 Å². The van der Waals surface area contributed by atoms with Gasteiger partial charge in [-0.1, -0.05) is 30.0 Å². The van der Waals surface area contributed by atoms with Crippen LogP contribution in [0.4, 0.5) is 5.69 Å². The van der Waals surface area contributed by atoms with E-state index in [1.54, 1.807) is 62.6 Å². The molecule has 0 radical (unpaired) electrons. The van der Waals surface area contributed by atoms with Crippen LogP contribution in [0.5, 0.6) is 17.2 Å². The molecular formula is C23H23NO6S2. The van der Waals surface area contributed by atoms with Crippen molar-refractivity contribution in [2.24, 2.45) is 0 Å². The zero-order valence-corrected chi connectivity index (χ0v) is 19.6. The van der Waals surface area contributed by atoms with Gasteiger partial charge in [0, 0.05) is 0 Å². The third-order valence-electron chi connectivity index (χ3n) is 4.34. The summed E-state index contributed by atoms with van der Waals surface area (Å²) in [6.07, 6.45) is 1.75. The fourth-order valence-electron chi connectivity index (χ4n) is 2.91. The van der Waals surface area contributed by atoms with E-state index < -0.39 is 5.97 Å². The van der Waals surface area contributed by atoms with Gasteiger partial charge in [-0.25, -0.2) is 4.79 Å². The highest BCUT2D eigenvalue weighted by atomic mass is 32.2. The van der Waals surface area contributed by atoms with Gasteiger partial charge in [0.05, 0.1) is 30.9 Å². The zero-order valence-electron chi connectivity index (χ0n) is 18.0. The lowest BCUT2D eigenvalue weighted by Crippen LogP contribution is -2.27. The summed E-state index contributed by atoms with van der Waals surface area (Å²) in [5.74, 6) is 0.925. The van der Waals surface area contributed by atoms with E-state index in [4.69, 9.17) is 31.2 Å². The Balaban J connectivity index is 1.80. The Hall–Kier alpha value is -3.04. The van der Waals surface area contributed by atoms with E-state index in [-0.39, 0.29) is 19.1 Å². The van der Waals surface area contributed by atoms with E-state index in [2.05, 4.69) is 0 Å². The van der Waals surface area contributed by atoms with Crippen molar-refractivity contribution < 1.29 is 28.5 Å². The number of benzene rings is 2. The highest BCUT2D eigenvalue weighted by molar-refractivity contribution is 8.27. The topological polar surface area (TPSA) is 74.3 Å². The van der Waals surface area contributed by atoms with Crippen LogP contribution in [0, 0.1) is 0 Å². The summed E-state index contributed by atoms with van der Waals surface area (Å²) in [6.45, 7) is 4.07. The molecule has 0 bridgehead atoms. The maximum Gasteiger partial charge on any atom is 0.344 e. The van der Waals surface area contributed by atoms with E-state index in [1.165, 1.54) is 16.7 Å². The molecule has 1 aliphatic heterocycles. The Morgan fingerprint density at radius 2 is 1.81 bits per heavy atom. The molecule has 1 fully saturated rings. The lowest BCUT2D eigenvalue weighted by Gasteiger charge is -2.14. The number of carbonyl (C=O) groups is 2. The number of hydrogen-bond acceptors (Lipinski definition) is 8. The van der Waals surface area contributed by atoms with Crippen LogP contribution >= 0.6 is 24.0 Å². The standard InChI is InChI=1S/C23H23NO6S2/c1-4-28-19-12-15(6-11-18(19)30-14-21(25)29-5-2)13-20-22(26)24(23(31)32-20)16-7-9-17(27-3)10-8-16/h6-13H,4-5,14H2,1-3H3/b20-13+. The summed E-state index contributed by atoms with van der Waals surface area (Å²) in [7, 11) is 1.58. The van der Waals surface area contributed by atoms with Gasteiger partial charge in [0.25, 0.3) is 5.91 Å². The van der Waals surface area contributed by atoms with Crippen LogP contribution < -0.4 is 19.1 Å². The van der Waals surface area contributed by atoms with Crippen molar-refractivity contribution in [2.45, 2.75) is 13.8 Å². The first-order valence-corrected chi connectivity index (χ1v) is 11.2. The number of carbonyl (C=O) groups excluding carboxylic acids is 2. The van der Waals surface area contributed by atoms with Gasteiger partial charge in [-0.3, -0.25) is 9.69 Å². The lowest BCUT2D eigenvalue weighted by atomic mass is 10.1. The van der Waals surface area contributed by atoms with Gasteiger partial charge in [-0.15, -0.1) is 0 Å². The average molecular weight is 474 g/mol. The monoisotopic (exact) mass is 473 g/mol. The van der Waals surface area contributed by atoms with E-state index >= 15 is 0 Å². The second-order valence-corrected chi connectivity index (χ2v) is 8.12. The fourth-order valence-corrected chi connectivity index (χ4v) is 4.21. The number of anilines is 1. The molecule has 3 rings (SSSR count). The van der Waals surface area contributed by atoms with Gasteiger partial charge in [-0.05, 0) is 61.9 Å². The molecule has 1 amide bonds. The van der Waals surface area contributed by atoms with Crippen molar-refractivity contribution in [3.05, 3.63) is 52.9 Å². The molecule has 1 aliphatic rings. The SMILES string of the molecule is CCOC(=O)COc1ccc(/C=C2/SC(=S)N(c3ccc(OC)cc3)C2=O)cc1OCC. The van der Waals surface area contributed by atoms with Gasteiger partial charge in [0.2, 0.25) is 0 Å². The summed E-state index contributed by atoms with van der Waals surface area (Å²) < 4.78 is 21.7. The maximum absolute atomic E-state index is 13.0. The van der Waals surface area contributed by atoms with Crippen LogP contribution in [0.25, 0.3) is 6.08 Å². The van der Waals surface area contributed by atoms with Crippen LogP contribution in [-0.2, 0) is 14.3 Å². The number of ether oxygens (including phenoxy) is 4. The Labute approximate surface area is 196 Å². The van der Waals surface area contributed by atoms with Gasteiger partial charge in [-0.2, -0.15) is 0 Å². The third-order valence-corrected chi connectivity index (χ3v) is 5.64. The predicted molar refractivity (Wildman–Crippen MR) is 128 cm³/mol. The summed E-state index contributed by atoms with van der Waals surface area (Å²) >= 11 is 6.66. The van der Waals surface area contributed by atoms with Crippen LogP contribution in [0.15, 0.2) is 47.4 Å². The first-order valence-electron chi connectivity index (χ1n) is 9.94. The predicted octanol–water partition coefficient (Wildman–Crippen LogP) is 4.44. The molecule has 9 heteroatoms. The summed E-state index contributed by atoms with van der Waals surface area (Å²) in [4.78, 5) is 26.6. The van der Waals surface area contributed by atoms with Gasteiger partial charge < -0.3 is 18.9 Å². The Bertz CT molecular complexity index is 1040. The number of hydrogen-bond donors (Lipinski definition) is 0. The number of amides is 1. The first-order chi connectivity index (χ1) is 15.5. The molecule has 0 N–H and O–H groups in total. The van der Waals surface area contributed by atoms with Crippen LogP contribution in [-0.4, -0.2) is 43.1 Å². The Morgan fingerprint density at radius 1 is 1.06 bits per heavy atom. The molecule has 1 heterocycles. The molecule has 0 saturated carbocycles. The number of nitrogens with zero attached hydrogens (tertiary/aromatic N) is 1. The number of thiocarbonyl (C=S) groups is 1. The second kappa shape index (κ2) is 11.0. The molecule has 0 aliphatic carbocycles. The molecule has 0 unspecified atom stereocenters. The number of rotatable bonds is 9. The molecule has 7 nitrogen and oxygen atoms in total. The maximum atomic E-state index is 13.0. The Kier molecular flexibility index (Phi) is 8.13. The first kappa shape index (κ1) is 23.6. The van der Waals surface area contributed by atoms with Crippen molar-refractivity contribution >= 4 is 51.9 Å². The molecule has 2 aromatic rings. The summed E-state index contributed by atoms with van der Waals surface area (Å²) in [5.41, 5.74) is 1.42. The van der Waals surface area contributed by atoms with Crippen molar-refractivity contribution in [2.75, 3.05) is 31.8 Å². The minimum Gasteiger partial charge on any atom is -0.497 e. The molecular weight excluding hydrogens is 450 g/mol. The average Bonchev–Trinajstić information content (AvgIpc) is 3.06. The van der Waals surface area contributed by atoms with E-state index in [0.29, 0.717) is 38.8 Å². The number of esters is 1. The molecule has 0 aromatic heterocycles. The van der Waals surface area contributed by atoms with Crippen molar-refractivity contribution in [3.63, 3.8) is 0 Å². The minimum atomic E-state index is -0.457. The quantitative estimate of drug-likeness (QED) is 0.301. The van der Waals surface area contributed by atoms with Crippen molar-refractivity contribution in [1.82, 2.24) is 0 Å². The van der Waals surface area contributed by atoms with Crippen molar-refractivity contribution in [3.8, 4) is 17.2 Å². The smallest absolute Gasteiger partial charge is 0.344 e. The highest BCUT2D eigenvalue weighted by Gasteiger charge is 2.33. The number of thioether (sulfide) groups is 1. The van der Waals surface area contributed by atoms with Crippen LogP contribution in [0.1, 0.15) is 19.4 Å². The van der Waals surface area contributed by atoms with E-state index in [1.807, 2.05) is 6.92 Å². The van der Waals surface area contributed by atoms with Gasteiger partial charge in [0.15, 0.2) is 22.4 Å². The van der Waals surface area contributed by atoms with Crippen LogP contribution in [0.3, 0.4) is 0 Å². The molecule has 32 heavy (non-hydrogen) atoms. The molecule has 2 aromatic carbocycles. The fraction of sp³-hybridized carbons (Fsp3) is 0.261. The molecule has 0 atom stereocenters. The lowest BCUT2D eigenvalue weighted by molar-refractivity contribution is -0.145. The van der Waals surface area contributed by atoms with Crippen LogP contribution in [0.2, 0.25) is 0 Å². The Morgan fingerprint density at radius 3 is 2.47 bits per heavy atom. The highest BCUT2D eigenvalue weighted by Crippen LogP contribution is 2.37. The summed E-state index contributed by atoms with van der Waals surface area (Å²) in [6, 6.07) is 12.4. The normalized spacial score (nSPS) is 14.6. The number of methoxy groups -OCH3 is 1. The van der Waals surface area contributed by atoms with E-state index in [0.717, 1.165) is 5.56 Å². The second-order valence-electron chi connectivity index (χ2n) is 6.45. The largest absolute Gasteiger partial charge is 0.497 e. The summed E-state index contributed by atoms with van der Waals surface area (Å²) in [5, 5.41) is 0. The zero-order chi connectivity index (χ0) is 23.1. The van der Waals surface area contributed by atoms with Crippen molar-refractivity contribution in [1.29, 1.82) is 0 Å². The molecule has 0 spiro atoms. The van der Waals surface area contributed by atoms with Gasteiger partial charge in [0.1, 0.15) is 5.75 Å². The van der Waals surface area contributed by atoms with E-state index in [9.17, 15) is 9.59 Å². The molecule has 1 saturated heterocycles. The third kappa shape index (κ3) is 5.60.